The van der Waals surface area contributed by atoms with E-state index in [0.29, 0.717) is 23.1 Å². The Morgan fingerprint density at radius 3 is 2.47 bits per heavy atom. The molecule has 0 radical (unpaired) electrons. The maximum Gasteiger partial charge on any atom is 0.0480 e. The molecule has 0 aromatic heterocycles. The van der Waals surface area contributed by atoms with Gasteiger partial charge in [0.25, 0.3) is 0 Å². The summed E-state index contributed by atoms with van der Waals surface area (Å²) >= 11 is 12.2. The first-order chi connectivity index (χ1) is 8.15. The second-order valence-electron chi connectivity index (χ2n) is 4.07. The zero-order chi connectivity index (χ0) is 12.7. The van der Waals surface area contributed by atoms with E-state index in [0.717, 1.165) is 25.0 Å². The molecule has 0 aliphatic heterocycles. The van der Waals surface area contributed by atoms with Gasteiger partial charge in [-0.3, -0.25) is 0 Å². The number of hydrogen-bond acceptors (Lipinski definition) is 2. The van der Waals surface area contributed by atoms with Gasteiger partial charge in [-0.25, -0.2) is 0 Å². The van der Waals surface area contributed by atoms with Crippen LogP contribution in [0, 0.1) is 0 Å². The van der Waals surface area contributed by atoms with E-state index in [4.69, 9.17) is 33.7 Å². The SMILES string of the molecule is CCCOCCC(N)Cc1c(Cl)cccc1Cl. The van der Waals surface area contributed by atoms with Gasteiger partial charge < -0.3 is 10.5 Å². The van der Waals surface area contributed by atoms with Gasteiger partial charge in [0, 0.05) is 29.3 Å². The third kappa shape index (κ3) is 5.26. The molecule has 0 bridgehead atoms. The van der Waals surface area contributed by atoms with E-state index in [-0.39, 0.29) is 6.04 Å². The highest BCUT2D eigenvalue weighted by molar-refractivity contribution is 6.35. The predicted octanol–water partition coefficient (Wildman–Crippen LogP) is 3.68. The van der Waals surface area contributed by atoms with E-state index in [1.54, 1.807) is 0 Å². The van der Waals surface area contributed by atoms with Crippen LogP contribution in [0.1, 0.15) is 25.3 Å². The standard InChI is InChI=1S/C13H19Cl2NO/c1-2-7-17-8-6-10(16)9-11-12(14)4-3-5-13(11)15/h3-5,10H,2,6-9,16H2,1H3. The minimum atomic E-state index is 0.0317. The Morgan fingerprint density at radius 2 is 1.88 bits per heavy atom. The largest absolute Gasteiger partial charge is 0.381 e. The van der Waals surface area contributed by atoms with Crippen molar-refractivity contribution >= 4 is 23.2 Å². The lowest BCUT2D eigenvalue weighted by Crippen LogP contribution is -2.25. The van der Waals surface area contributed by atoms with Crippen molar-refractivity contribution in [1.82, 2.24) is 0 Å². The Morgan fingerprint density at radius 1 is 1.24 bits per heavy atom. The van der Waals surface area contributed by atoms with Gasteiger partial charge in [-0.1, -0.05) is 36.2 Å². The van der Waals surface area contributed by atoms with Crippen molar-refractivity contribution in [3.63, 3.8) is 0 Å². The summed E-state index contributed by atoms with van der Waals surface area (Å²) in [6.45, 7) is 3.57. The van der Waals surface area contributed by atoms with Crippen LogP contribution in [0.15, 0.2) is 18.2 Å². The summed E-state index contributed by atoms with van der Waals surface area (Å²) in [6, 6.07) is 5.54. The van der Waals surface area contributed by atoms with Gasteiger partial charge in [-0.2, -0.15) is 0 Å². The highest BCUT2D eigenvalue weighted by Gasteiger charge is 2.10. The summed E-state index contributed by atoms with van der Waals surface area (Å²) in [5.74, 6) is 0. The van der Waals surface area contributed by atoms with Gasteiger partial charge >= 0.3 is 0 Å². The highest BCUT2D eigenvalue weighted by atomic mass is 35.5. The van der Waals surface area contributed by atoms with Crippen LogP contribution in [0.25, 0.3) is 0 Å². The van der Waals surface area contributed by atoms with Gasteiger partial charge in [0.1, 0.15) is 0 Å². The maximum absolute atomic E-state index is 6.09. The van der Waals surface area contributed by atoms with Crippen LogP contribution in [0.3, 0.4) is 0 Å². The molecular formula is C13H19Cl2NO. The minimum Gasteiger partial charge on any atom is -0.381 e. The second-order valence-corrected chi connectivity index (χ2v) is 4.88. The van der Waals surface area contributed by atoms with E-state index < -0.39 is 0 Å². The molecule has 0 aliphatic carbocycles. The Hall–Kier alpha value is -0.280. The normalized spacial score (nSPS) is 12.7. The molecule has 0 saturated heterocycles. The Kier molecular flexibility index (Phi) is 6.90. The average Bonchev–Trinajstić information content (AvgIpc) is 2.30. The topological polar surface area (TPSA) is 35.2 Å². The van der Waals surface area contributed by atoms with Crippen LogP contribution < -0.4 is 5.73 Å². The molecule has 0 spiro atoms. The molecule has 2 N–H and O–H groups in total. The van der Waals surface area contributed by atoms with Crippen LogP contribution in [-0.4, -0.2) is 19.3 Å². The Bertz CT molecular complexity index is 324. The molecular weight excluding hydrogens is 257 g/mol. The van der Waals surface area contributed by atoms with Gasteiger partial charge in [-0.05, 0) is 37.0 Å². The summed E-state index contributed by atoms with van der Waals surface area (Å²) in [5.41, 5.74) is 6.96. The molecule has 4 heteroatoms. The van der Waals surface area contributed by atoms with Crippen molar-refractivity contribution in [2.75, 3.05) is 13.2 Å². The lowest BCUT2D eigenvalue weighted by atomic mass is 10.0. The lowest BCUT2D eigenvalue weighted by Gasteiger charge is -2.14. The fourth-order valence-electron chi connectivity index (χ4n) is 1.57. The summed E-state index contributed by atoms with van der Waals surface area (Å²) in [7, 11) is 0. The monoisotopic (exact) mass is 275 g/mol. The van der Waals surface area contributed by atoms with Crippen molar-refractivity contribution in [1.29, 1.82) is 0 Å². The molecule has 1 aromatic rings. The molecule has 1 aromatic carbocycles. The number of rotatable bonds is 7. The number of nitrogens with two attached hydrogens (primary N) is 1. The number of hydrogen-bond donors (Lipinski definition) is 1. The first-order valence-electron chi connectivity index (χ1n) is 5.91. The van der Waals surface area contributed by atoms with Gasteiger partial charge in [-0.15, -0.1) is 0 Å². The minimum absolute atomic E-state index is 0.0317. The number of benzene rings is 1. The summed E-state index contributed by atoms with van der Waals surface area (Å²) in [5, 5.41) is 1.37. The molecule has 96 valence electrons. The number of ether oxygens (including phenoxy) is 1. The maximum atomic E-state index is 6.09. The van der Waals surface area contributed by atoms with Crippen LogP contribution in [0.5, 0.6) is 0 Å². The summed E-state index contributed by atoms with van der Waals surface area (Å²) < 4.78 is 5.41. The first kappa shape index (κ1) is 14.8. The van der Waals surface area contributed by atoms with Crippen LogP contribution in [-0.2, 0) is 11.2 Å². The van der Waals surface area contributed by atoms with Gasteiger partial charge in [0.05, 0.1) is 0 Å². The molecule has 0 amide bonds. The lowest BCUT2D eigenvalue weighted by molar-refractivity contribution is 0.127. The van der Waals surface area contributed by atoms with E-state index in [1.807, 2.05) is 18.2 Å². The van der Waals surface area contributed by atoms with Gasteiger partial charge in [0.15, 0.2) is 0 Å². The third-order valence-corrected chi connectivity index (χ3v) is 3.22. The van der Waals surface area contributed by atoms with Crippen molar-refractivity contribution < 1.29 is 4.74 Å². The zero-order valence-electron chi connectivity index (χ0n) is 10.1. The van der Waals surface area contributed by atoms with Crippen molar-refractivity contribution in [3.05, 3.63) is 33.8 Å². The molecule has 0 saturated carbocycles. The molecule has 0 fully saturated rings. The van der Waals surface area contributed by atoms with E-state index in [2.05, 4.69) is 6.92 Å². The van der Waals surface area contributed by atoms with Crippen LogP contribution in [0.2, 0.25) is 10.0 Å². The molecule has 0 heterocycles. The molecule has 1 atom stereocenters. The summed E-state index contributed by atoms with van der Waals surface area (Å²) in [6.07, 6.45) is 2.54. The first-order valence-corrected chi connectivity index (χ1v) is 6.67. The van der Waals surface area contributed by atoms with Crippen molar-refractivity contribution in [3.8, 4) is 0 Å². The van der Waals surface area contributed by atoms with Crippen molar-refractivity contribution in [2.24, 2.45) is 5.73 Å². The van der Waals surface area contributed by atoms with Crippen LogP contribution in [0.4, 0.5) is 0 Å². The summed E-state index contributed by atoms with van der Waals surface area (Å²) in [4.78, 5) is 0. The number of halogens is 2. The van der Waals surface area contributed by atoms with E-state index in [1.165, 1.54) is 0 Å². The quantitative estimate of drug-likeness (QED) is 0.771. The van der Waals surface area contributed by atoms with E-state index >= 15 is 0 Å². The fraction of sp³-hybridized carbons (Fsp3) is 0.538. The zero-order valence-corrected chi connectivity index (χ0v) is 11.6. The smallest absolute Gasteiger partial charge is 0.0480 e. The van der Waals surface area contributed by atoms with Crippen molar-refractivity contribution in [2.45, 2.75) is 32.2 Å². The Labute approximate surface area is 113 Å². The average molecular weight is 276 g/mol. The Balaban J connectivity index is 2.42. The third-order valence-electron chi connectivity index (χ3n) is 2.51. The second kappa shape index (κ2) is 7.93. The molecule has 2 nitrogen and oxygen atoms in total. The fourth-order valence-corrected chi connectivity index (χ4v) is 2.12. The van der Waals surface area contributed by atoms with Crippen LogP contribution >= 0.6 is 23.2 Å². The van der Waals surface area contributed by atoms with Gasteiger partial charge in [0.2, 0.25) is 0 Å². The predicted molar refractivity (Wildman–Crippen MR) is 73.9 cm³/mol. The molecule has 1 unspecified atom stereocenters. The highest BCUT2D eigenvalue weighted by Crippen LogP contribution is 2.25. The molecule has 0 aliphatic rings. The molecule has 17 heavy (non-hydrogen) atoms. The van der Waals surface area contributed by atoms with E-state index in [9.17, 15) is 0 Å². The molecule has 1 rings (SSSR count).